The predicted octanol–water partition coefficient (Wildman–Crippen LogP) is 3.31. The molecule has 0 fully saturated rings. The summed E-state index contributed by atoms with van der Waals surface area (Å²) in [6.07, 6.45) is 0.0455. The molecule has 2 N–H and O–H groups in total. The number of hydrogen-bond donors (Lipinski definition) is 2. The van der Waals surface area contributed by atoms with Gasteiger partial charge in [0.25, 0.3) is 0 Å². The Labute approximate surface area is 161 Å². The van der Waals surface area contributed by atoms with Gasteiger partial charge in [0.05, 0.1) is 6.61 Å². The zero-order valence-electron chi connectivity index (χ0n) is 16.7. The molecule has 2 amide bonds. The van der Waals surface area contributed by atoms with Crippen molar-refractivity contribution in [2.45, 2.75) is 58.7 Å². The SMILES string of the molecule is CCC(CN(C(=O)OCCCO)C(C)(C)C)NC(=O)OCc1ccccc1. The van der Waals surface area contributed by atoms with Crippen LogP contribution in [0.15, 0.2) is 30.3 Å². The van der Waals surface area contributed by atoms with Crippen molar-refractivity contribution in [3.63, 3.8) is 0 Å². The van der Waals surface area contributed by atoms with Crippen LogP contribution in [0, 0.1) is 0 Å². The molecule has 1 rings (SSSR count). The lowest BCUT2D eigenvalue weighted by atomic mass is 10.0. The predicted molar refractivity (Wildman–Crippen MR) is 103 cm³/mol. The minimum atomic E-state index is -0.520. The van der Waals surface area contributed by atoms with E-state index in [2.05, 4.69) is 5.32 Å². The van der Waals surface area contributed by atoms with Crippen LogP contribution in [0.1, 0.15) is 46.1 Å². The first-order valence-electron chi connectivity index (χ1n) is 9.30. The number of carbonyl (C=O) groups is 2. The van der Waals surface area contributed by atoms with Gasteiger partial charge in [0, 0.05) is 31.2 Å². The lowest BCUT2D eigenvalue weighted by Gasteiger charge is -2.37. The van der Waals surface area contributed by atoms with E-state index in [9.17, 15) is 9.59 Å². The first-order chi connectivity index (χ1) is 12.8. The molecule has 0 heterocycles. The van der Waals surface area contributed by atoms with Gasteiger partial charge in [-0.15, -0.1) is 0 Å². The van der Waals surface area contributed by atoms with Crippen LogP contribution in [-0.4, -0.2) is 53.5 Å². The number of alkyl carbamates (subject to hydrolysis) is 1. The molecule has 0 aliphatic heterocycles. The minimum Gasteiger partial charge on any atom is -0.449 e. The second-order valence-corrected chi connectivity index (χ2v) is 7.28. The monoisotopic (exact) mass is 380 g/mol. The van der Waals surface area contributed by atoms with Gasteiger partial charge in [0.15, 0.2) is 0 Å². The average molecular weight is 380 g/mol. The molecule has 0 bridgehead atoms. The Kier molecular flexibility index (Phi) is 9.64. The lowest BCUT2D eigenvalue weighted by Crippen LogP contribution is -2.53. The van der Waals surface area contributed by atoms with E-state index in [0.717, 1.165) is 5.56 Å². The Morgan fingerprint density at radius 2 is 1.85 bits per heavy atom. The van der Waals surface area contributed by atoms with Crippen molar-refractivity contribution in [3.8, 4) is 0 Å². The molecular formula is C20H32N2O5. The van der Waals surface area contributed by atoms with Crippen LogP contribution in [0.25, 0.3) is 0 Å². The molecule has 0 aromatic heterocycles. The van der Waals surface area contributed by atoms with E-state index < -0.39 is 17.7 Å². The Morgan fingerprint density at radius 1 is 1.19 bits per heavy atom. The van der Waals surface area contributed by atoms with Gasteiger partial charge in [-0.05, 0) is 32.8 Å². The maximum atomic E-state index is 12.4. The summed E-state index contributed by atoms with van der Waals surface area (Å²) in [5, 5.41) is 11.6. The molecule has 7 heteroatoms. The van der Waals surface area contributed by atoms with Gasteiger partial charge in [-0.1, -0.05) is 37.3 Å². The molecule has 1 aromatic rings. The summed E-state index contributed by atoms with van der Waals surface area (Å²) in [6, 6.07) is 9.17. The highest BCUT2D eigenvalue weighted by Gasteiger charge is 2.30. The van der Waals surface area contributed by atoms with E-state index in [-0.39, 0.29) is 25.9 Å². The largest absolute Gasteiger partial charge is 0.449 e. The Morgan fingerprint density at radius 3 is 2.41 bits per heavy atom. The summed E-state index contributed by atoms with van der Waals surface area (Å²) >= 11 is 0. The summed E-state index contributed by atoms with van der Waals surface area (Å²) in [5.74, 6) is 0. The van der Waals surface area contributed by atoms with Crippen LogP contribution in [0.4, 0.5) is 9.59 Å². The van der Waals surface area contributed by atoms with Crippen molar-refractivity contribution in [1.29, 1.82) is 0 Å². The summed E-state index contributed by atoms with van der Waals surface area (Å²) < 4.78 is 10.5. The van der Waals surface area contributed by atoms with Gasteiger partial charge in [-0.25, -0.2) is 9.59 Å². The fraction of sp³-hybridized carbons (Fsp3) is 0.600. The Hall–Kier alpha value is -2.28. The molecule has 1 atom stereocenters. The number of amides is 2. The van der Waals surface area contributed by atoms with Crippen molar-refractivity contribution in [3.05, 3.63) is 35.9 Å². The number of hydrogen-bond acceptors (Lipinski definition) is 5. The van der Waals surface area contributed by atoms with E-state index in [4.69, 9.17) is 14.6 Å². The Bertz CT molecular complexity index is 571. The number of benzene rings is 1. The zero-order valence-corrected chi connectivity index (χ0v) is 16.7. The van der Waals surface area contributed by atoms with E-state index in [1.54, 1.807) is 4.90 Å². The lowest BCUT2D eigenvalue weighted by molar-refractivity contribution is 0.0570. The maximum Gasteiger partial charge on any atom is 0.410 e. The summed E-state index contributed by atoms with van der Waals surface area (Å²) in [6.45, 7) is 8.26. The molecule has 1 aromatic carbocycles. The molecule has 1 unspecified atom stereocenters. The van der Waals surface area contributed by atoms with Gasteiger partial charge >= 0.3 is 12.2 Å². The van der Waals surface area contributed by atoms with Crippen molar-refractivity contribution < 1.29 is 24.2 Å². The van der Waals surface area contributed by atoms with E-state index in [1.165, 1.54) is 0 Å². The second-order valence-electron chi connectivity index (χ2n) is 7.28. The Balaban J connectivity index is 2.60. The van der Waals surface area contributed by atoms with Crippen molar-refractivity contribution in [2.24, 2.45) is 0 Å². The molecule has 0 radical (unpaired) electrons. The highest BCUT2D eigenvalue weighted by molar-refractivity contribution is 5.69. The standard InChI is InChI=1S/C20H32N2O5/c1-5-17(21-18(24)27-15-16-10-7-6-8-11-16)14-22(20(2,3)4)19(25)26-13-9-12-23/h6-8,10-11,17,23H,5,9,12-15H2,1-4H3,(H,21,24). The van der Waals surface area contributed by atoms with Crippen molar-refractivity contribution in [1.82, 2.24) is 10.2 Å². The molecule has 0 spiro atoms. The number of aliphatic hydroxyl groups excluding tert-OH is 1. The van der Waals surface area contributed by atoms with Crippen molar-refractivity contribution in [2.75, 3.05) is 19.8 Å². The molecule has 0 aliphatic rings. The quantitative estimate of drug-likeness (QED) is 0.642. The fourth-order valence-corrected chi connectivity index (χ4v) is 2.35. The van der Waals surface area contributed by atoms with Crippen LogP contribution >= 0.6 is 0 Å². The minimum absolute atomic E-state index is 0.0325. The highest BCUT2D eigenvalue weighted by atomic mass is 16.6. The zero-order chi connectivity index (χ0) is 20.3. The molecule has 0 saturated carbocycles. The highest BCUT2D eigenvalue weighted by Crippen LogP contribution is 2.16. The van der Waals surface area contributed by atoms with Gasteiger partial charge in [0.1, 0.15) is 6.61 Å². The first kappa shape index (κ1) is 22.8. The van der Waals surface area contributed by atoms with E-state index in [0.29, 0.717) is 19.4 Å². The molecule has 27 heavy (non-hydrogen) atoms. The smallest absolute Gasteiger partial charge is 0.410 e. The van der Waals surface area contributed by atoms with Crippen LogP contribution < -0.4 is 5.32 Å². The number of ether oxygens (including phenoxy) is 2. The molecule has 152 valence electrons. The van der Waals surface area contributed by atoms with Gasteiger partial charge in [0.2, 0.25) is 0 Å². The van der Waals surface area contributed by atoms with Crippen LogP contribution in [-0.2, 0) is 16.1 Å². The number of rotatable bonds is 9. The summed E-state index contributed by atoms with van der Waals surface area (Å²) in [5.41, 5.74) is 0.434. The molecule has 0 saturated heterocycles. The number of aliphatic hydroxyl groups is 1. The first-order valence-corrected chi connectivity index (χ1v) is 9.30. The molecular weight excluding hydrogens is 348 g/mol. The third kappa shape index (κ3) is 8.77. The molecule has 7 nitrogen and oxygen atoms in total. The fourth-order valence-electron chi connectivity index (χ4n) is 2.35. The maximum absolute atomic E-state index is 12.4. The summed E-state index contributed by atoms with van der Waals surface area (Å²) in [7, 11) is 0. The van der Waals surface area contributed by atoms with Crippen LogP contribution in [0.5, 0.6) is 0 Å². The third-order valence-electron chi connectivity index (χ3n) is 3.99. The second kappa shape index (κ2) is 11.4. The number of nitrogens with one attached hydrogen (secondary N) is 1. The van der Waals surface area contributed by atoms with Crippen LogP contribution in [0.3, 0.4) is 0 Å². The van der Waals surface area contributed by atoms with E-state index >= 15 is 0 Å². The van der Waals surface area contributed by atoms with E-state index in [1.807, 2.05) is 58.0 Å². The van der Waals surface area contributed by atoms with Gasteiger partial charge < -0.3 is 24.8 Å². The molecule has 0 aliphatic carbocycles. The normalized spacial score (nSPS) is 12.2. The van der Waals surface area contributed by atoms with Gasteiger partial charge in [-0.2, -0.15) is 0 Å². The summed E-state index contributed by atoms with van der Waals surface area (Å²) in [4.78, 5) is 26.1. The number of carbonyl (C=O) groups excluding carboxylic acids is 2. The van der Waals surface area contributed by atoms with Gasteiger partial charge in [-0.3, -0.25) is 0 Å². The topological polar surface area (TPSA) is 88.1 Å². The van der Waals surface area contributed by atoms with Crippen molar-refractivity contribution >= 4 is 12.2 Å². The van der Waals surface area contributed by atoms with Crippen LogP contribution in [0.2, 0.25) is 0 Å². The third-order valence-corrected chi connectivity index (χ3v) is 3.99. The average Bonchev–Trinajstić information content (AvgIpc) is 2.63. The number of nitrogens with zero attached hydrogens (tertiary/aromatic N) is 1.